The molecule has 0 spiro atoms. The van der Waals surface area contributed by atoms with Crippen LogP contribution >= 0.6 is 0 Å². The summed E-state index contributed by atoms with van der Waals surface area (Å²) < 4.78 is 11.3. The van der Waals surface area contributed by atoms with Crippen LogP contribution in [0.3, 0.4) is 0 Å². The average molecular weight is 263 g/mol. The number of likely N-dealkylation sites (N-methyl/N-ethyl adjacent to an activating group) is 1. The molecule has 0 saturated heterocycles. The van der Waals surface area contributed by atoms with Crippen LogP contribution in [0.25, 0.3) is 0 Å². The van der Waals surface area contributed by atoms with Crippen molar-refractivity contribution in [1.82, 2.24) is 5.32 Å². The van der Waals surface area contributed by atoms with Crippen molar-refractivity contribution in [2.24, 2.45) is 5.92 Å². The minimum Gasteiger partial charge on any atom is -0.494 e. The van der Waals surface area contributed by atoms with Gasteiger partial charge in [-0.3, -0.25) is 0 Å². The van der Waals surface area contributed by atoms with Gasteiger partial charge in [0.25, 0.3) is 0 Å². The van der Waals surface area contributed by atoms with Gasteiger partial charge in [0.15, 0.2) is 0 Å². The Balaban J connectivity index is 1.82. The molecule has 106 valence electrons. The molecule has 2 rings (SSSR count). The summed E-state index contributed by atoms with van der Waals surface area (Å²) >= 11 is 0. The fourth-order valence-electron chi connectivity index (χ4n) is 2.80. The van der Waals surface area contributed by atoms with Crippen LogP contribution in [0.4, 0.5) is 0 Å². The Hall–Kier alpha value is -1.22. The second kappa shape index (κ2) is 7.39. The van der Waals surface area contributed by atoms with Crippen molar-refractivity contribution in [3.8, 4) is 11.5 Å². The van der Waals surface area contributed by atoms with Crippen molar-refractivity contribution in [3.05, 3.63) is 24.3 Å². The van der Waals surface area contributed by atoms with E-state index >= 15 is 0 Å². The molecule has 1 unspecified atom stereocenters. The highest BCUT2D eigenvalue weighted by atomic mass is 16.5. The summed E-state index contributed by atoms with van der Waals surface area (Å²) in [6.07, 6.45) is 5.40. The molecular formula is C16H25NO2. The van der Waals surface area contributed by atoms with Crippen molar-refractivity contribution in [1.29, 1.82) is 0 Å². The lowest BCUT2D eigenvalue weighted by atomic mass is 9.99. The van der Waals surface area contributed by atoms with Gasteiger partial charge in [0.05, 0.1) is 6.61 Å². The monoisotopic (exact) mass is 263 g/mol. The van der Waals surface area contributed by atoms with Crippen molar-refractivity contribution < 1.29 is 9.47 Å². The van der Waals surface area contributed by atoms with E-state index in [0.29, 0.717) is 12.6 Å². The summed E-state index contributed by atoms with van der Waals surface area (Å²) in [5.41, 5.74) is 0. The highest BCUT2D eigenvalue weighted by Crippen LogP contribution is 2.28. The number of benzene rings is 1. The third-order valence-electron chi connectivity index (χ3n) is 3.90. The molecule has 0 amide bonds. The van der Waals surface area contributed by atoms with E-state index in [2.05, 4.69) is 5.32 Å². The maximum atomic E-state index is 5.89. The Morgan fingerprint density at radius 1 is 1.11 bits per heavy atom. The molecule has 1 aliphatic rings. The van der Waals surface area contributed by atoms with Crippen LogP contribution in [0.1, 0.15) is 32.6 Å². The second-order valence-electron chi connectivity index (χ2n) is 5.16. The Bertz CT molecular complexity index is 358. The summed E-state index contributed by atoms with van der Waals surface area (Å²) in [5, 5.41) is 3.40. The largest absolute Gasteiger partial charge is 0.494 e. The normalized spacial score (nSPS) is 17.4. The third kappa shape index (κ3) is 4.13. The number of hydrogen-bond acceptors (Lipinski definition) is 3. The maximum absolute atomic E-state index is 5.89. The number of nitrogens with one attached hydrogen (secondary N) is 1. The van der Waals surface area contributed by atoms with E-state index in [1.807, 2.05) is 38.2 Å². The summed E-state index contributed by atoms with van der Waals surface area (Å²) in [7, 11) is 2.03. The van der Waals surface area contributed by atoms with Crippen LogP contribution in [-0.4, -0.2) is 26.3 Å². The van der Waals surface area contributed by atoms with E-state index in [9.17, 15) is 0 Å². The molecule has 3 heteroatoms. The molecule has 3 nitrogen and oxygen atoms in total. The molecule has 1 N–H and O–H groups in total. The van der Waals surface area contributed by atoms with E-state index in [1.54, 1.807) is 0 Å². The van der Waals surface area contributed by atoms with Gasteiger partial charge in [0.1, 0.15) is 18.1 Å². The van der Waals surface area contributed by atoms with Crippen LogP contribution in [0.15, 0.2) is 24.3 Å². The Labute approximate surface area is 116 Å². The van der Waals surface area contributed by atoms with Crippen LogP contribution in [-0.2, 0) is 0 Å². The topological polar surface area (TPSA) is 30.5 Å². The number of hydrogen-bond donors (Lipinski definition) is 1. The van der Waals surface area contributed by atoms with Crippen molar-refractivity contribution in [3.63, 3.8) is 0 Å². The molecule has 1 fully saturated rings. The number of rotatable bonds is 7. The molecule has 0 bridgehead atoms. The third-order valence-corrected chi connectivity index (χ3v) is 3.90. The first-order valence-electron chi connectivity index (χ1n) is 7.36. The molecule has 1 aliphatic carbocycles. The number of ether oxygens (including phenoxy) is 2. The summed E-state index contributed by atoms with van der Waals surface area (Å²) in [5.74, 6) is 2.59. The van der Waals surface area contributed by atoms with Gasteiger partial charge in [-0.15, -0.1) is 0 Å². The minimum absolute atomic E-state index is 0.467. The fourth-order valence-corrected chi connectivity index (χ4v) is 2.80. The quantitative estimate of drug-likeness (QED) is 0.819. The summed E-state index contributed by atoms with van der Waals surface area (Å²) in [6.45, 7) is 3.43. The highest BCUT2D eigenvalue weighted by Gasteiger charge is 2.24. The van der Waals surface area contributed by atoms with E-state index in [4.69, 9.17) is 9.47 Å². The van der Waals surface area contributed by atoms with Crippen LogP contribution in [0.2, 0.25) is 0 Å². The van der Waals surface area contributed by atoms with Gasteiger partial charge in [0.2, 0.25) is 0 Å². The molecule has 1 saturated carbocycles. The van der Waals surface area contributed by atoms with Crippen molar-refractivity contribution >= 4 is 0 Å². The van der Waals surface area contributed by atoms with Crippen LogP contribution < -0.4 is 14.8 Å². The summed E-state index contributed by atoms with van der Waals surface area (Å²) in [6, 6.07) is 8.35. The smallest absolute Gasteiger partial charge is 0.119 e. The average Bonchev–Trinajstić information content (AvgIpc) is 2.96. The van der Waals surface area contributed by atoms with Gasteiger partial charge in [0, 0.05) is 6.04 Å². The molecule has 1 atom stereocenters. The molecular weight excluding hydrogens is 238 g/mol. The van der Waals surface area contributed by atoms with Crippen LogP contribution in [0.5, 0.6) is 11.5 Å². The molecule has 0 heterocycles. The predicted molar refractivity (Wildman–Crippen MR) is 77.9 cm³/mol. The molecule has 0 aliphatic heterocycles. The lowest BCUT2D eigenvalue weighted by molar-refractivity contribution is 0.224. The van der Waals surface area contributed by atoms with Gasteiger partial charge < -0.3 is 14.8 Å². The van der Waals surface area contributed by atoms with Gasteiger partial charge >= 0.3 is 0 Å². The Kier molecular flexibility index (Phi) is 5.52. The van der Waals surface area contributed by atoms with E-state index in [-0.39, 0.29) is 0 Å². The van der Waals surface area contributed by atoms with Gasteiger partial charge in [-0.05, 0) is 57.0 Å². The van der Waals surface area contributed by atoms with Gasteiger partial charge in [-0.1, -0.05) is 12.8 Å². The minimum atomic E-state index is 0.467. The maximum Gasteiger partial charge on any atom is 0.119 e. The fraction of sp³-hybridized carbons (Fsp3) is 0.625. The van der Waals surface area contributed by atoms with Gasteiger partial charge in [-0.2, -0.15) is 0 Å². The molecule has 0 aromatic heterocycles. The first-order valence-corrected chi connectivity index (χ1v) is 7.36. The first kappa shape index (κ1) is 14.2. The van der Waals surface area contributed by atoms with E-state index in [0.717, 1.165) is 24.0 Å². The standard InChI is InChI=1S/C16H25NO2/c1-3-18-14-8-10-15(11-9-14)19-12-16(17-2)13-6-4-5-7-13/h8-11,13,16-17H,3-7,12H2,1-2H3. The predicted octanol–water partition coefficient (Wildman–Crippen LogP) is 3.24. The van der Waals surface area contributed by atoms with Crippen LogP contribution in [0, 0.1) is 5.92 Å². The van der Waals surface area contributed by atoms with E-state index in [1.165, 1.54) is 25.7 Å². The molecule has 0 radical (unpaired) electrons. The SMILES string of the molecule is CCOc1ccc(OCC(NC)C2CCCC2)cc1. The zero-order valence-corrected chi connectivity index (χ0v) is 12.0. The molecule has 19 heavy (non-hydrogen) atoms. The lowest BCUT2D eigenvalue weighted by Crippen LogP contribution is -2.37. The second-order valence-corrected chi connectivity index (χ2v) is 5.16. The van der Waals surface area contributed by atoms with Crippen molar-refractivity contribution in [2.75, 3.05) is 20.3 Å². The Morgan fingerprint density at radius 3 is 2.21 bits per heavy atom. The first-order chi connectivity index (χ1) is 9.33. The molecule has 1 aromatic rings. The van der Waals surface area contributed by atoms with Gasteiger partial charge in [-0.25, -0.2) is 0 Å². The molecule has 1 aromatic carbocycles. The lowest BCUT2D eigenvalue weighted by Gasteiger charge is -2.23. The highest BCUT2D eigenvalue weighted by molar-refractivity contribution is 5.31. The summed E-state index contributed by atoms with van der Waals surface area (Å²) in [4.78, 5) is 0. The van der Waals surface area contributed by atoms with Crippen molar-refractivity contribution in [2.45, 2.75) is 38.6 Å². The zero-order valence-electron chi connectivity index (χ0n) is 12.0. The van der Waals surface area contributed by atoms with E-state index < -0.39 is 0 Å². The Morgan fingerprint density at radius 2 is 1.68 bits per heavy atom. The zero-order chi connectivity index (χ0) is 13.5.